The number of amides is 1. The molecule has 0 aliphatic heterocycles. The molecule has 2 heterocycles. The van der Waals surface area contributed by atoms with Crippen LogP contribution < -0.4 is 5.32 Å². The lowest BCUT2D eigenvalue weighted by molar-refractivity contribution is -0.145. The zero-order valence-electron chi connectivity index (χ0n) is 16.7. The lowest BCUT2D eigenvalue weighted by Crippen LogP contribution is -2.45. The van der Waals surface area contributed by atoms with Crippen molar-refractivity contribution < 1.29 is 19.1 Å². The minimum Gasteiger partial charge on any atom is -0.456 e. The Morgan fingerprint density at radius 3 is 2.57 bits per heavy atom. The molecular formula is C21H26N2O4S. The van der Waals surface area contributed by atoms with E-state index in [9.17, 15) is 14.4 Å². The number of hydrogen-bond acceptors (Lipinski definition) is 5. The van der Waals surface area contributed by atoms with Gasteiger partial charge in [0.25, 0.3) is 5.91 Å². The van der Waals surface area contributed by atoms with Crippen molar-refractivity contribution >= 4 is 29.0 Å². The van der Waals surface area contributed by atoms with Crippen LogP contribution in [0.4, 0.5) is 0 Å². The van der Waals surface area contributed by atoms with E-state index in [2.05, 4.69) is 9.88 Å². The molecule has 0 radical (unpaired) electrons. The fourth-order valence-electron chi connectivity index (χ4n) is 3.38. The fraction of sp³-hybridized carbons (Fsp3) is 0.476. The number of esters is 1. The summed E-state index contributed by atoms with van der Waals surface area (Å²) in [5.74, 6) is -1.29. The lowest BCUT2D eigenvalue weighted by Gasteiger charge is -2.20. The Morgan fingerprint density at radius 1 is 1.29 bits per heavy atom. The summed E-state index contributed by atoms with van der Waals surface area (Å²) in [6.07, 6.45) is 2.28. The second-order valence-electron chi connectivity index (χ2n) is 7.59. The van der Waals surface area contributed by atoms with Crippen molar-refractivity contribution in [2.24, 2.45) is 5.92 Å². The zero-order valence-corrected chi connectivity index (χ0v) is 17.5. The van der Waals surface area contributed by atoms with E-state index in [0.717, 1.165) is 24.2 Å². The van der Waals surface area contributed by atoms with Gasteiger partial charge in [-0.25, -0.2) is 4.79 Å². The number of rotatable bonds is 8. The normalized spacial score (nSPS) is 14.8. The van der Waals surface area contributed by atoms with Gasteiger partial charge in [-0.05, 0) is 50.1 Å². The number of aromatic nitrogens is 1. The summed E-state index contributed by atoms with van der Waals surface area (Å²) in [6, 6.07) is 5.02. The van der Waals surface area contributed by atoms with Gasteiger partial charge < -0.3 is 14.6 Å². The van der Waals surface area contributed by atoms with Gasteiger partial charge in [0.15, 0.2) is 6.61 Å². The highest BCUT2D eigenvalue weighted by molar-refractivity contribution is 7.12. The van der Waals surface area contributed by atoms with Crippen LogP contribution >= 0.6 is 11.3 Å². The van der Waals surface area contributed by atoms with Crippen molar-refractivity contribution in [1.82, 2.24) is 9.88 Å². The standard InChI is InChI=1S/C21H26N2O4S/c1-12(2)19(22-20(25)18-6-5-9-28-18)21(26)27-11-17(24)16-10-13(3)23(14(16)4)15-7-8-15/h5-6,9-10,12,15,19H,7-8,11H2,1-4H3,(H,22,25)/t19-/m0/s1. The molecule has 0 spiro atoms. The first-order valence-corrected chi connectivity index (χ1v) is 10.4. The van der Waals surface area contributed by atoms with Crippen LogP contribution in [0, 0.1) is 19.8 Å². The number of Topliss-reactive ketones (excluding diaryl/α,β-unsaturated/α-hetero) is 1. The Labute approximate surface area is 168 Å². The van der Waals surface area contributed by atoms with Gasteiger partial charge in [-0.1, -0.05) is 19.9 Å². The van der Waals surface area contributed by atoms with Crippen molar-refractivity contribution in [1.29, 1.82) is 0 Å². The Balaban J connectivity index is 1.62. The van der Waals surface area contributed by atoms with E-state index in [4.69, 9.17) is 4.74 Å². The maximum Gasteiger partial charge on any atom is 0.329 e. The van der Waals surface area contributed by atoms with Crippen molar-refractivity contribution in [2.75, 3.05) is 6.61 Å². The molecule has 2 aromatic rings. The number of ether oxygens (including phenoxy) is 1. The minimum absolute atomic E-state index is 0.161. The maximum absolute atomic E-state index is 12.6. The predicted molar refractivity (Wildman–Crippen MR) is 108 cm³/mol. The van der Waals surface area contributed by atoms with Crippen molar-refractivity contribution in [3.8, 4) is 0 Å². The molecule has 1 fully saturated rings. The van der Waals surface area contributed by atoms with Crippen LogP contribution in [0.25, 0.3) is 0 Å². The molecule has 0 aromatic carbocycles. The average molecular weight is 403 g/mol. The second kappa shape index (κ2) is 8.31. The molecule has 1 atom stereocenters. The van der Waals surface area contributed by atoms with E-state index in [1.165, 1.54) is 11.3 Å². The van der Waals surface area contributed by atoms with Gasteiger partial charge in [-0.3, -0.25) is 9.59 Å². The zero-order chi connectivity index (χ0) is 20.4. The molecule has 0 bridgehead atoms. The van der Waals surface area contributed by atoms with Gasteiger partial charge in [-0.2, -0.15) is 0 Å². The molecule has 7 heteroatoms. The predicted octanol–water partition coefficient (Wildman–Crippen LogP) is 3.68. The Hall–Kier alpha value is -2.41. The van der Waals surface area contributed by atoms with Crippen molar-refractivity contribution in [2.45, 2.75) is 52.6 Å². The number of nitrogens with one attached hydrogen (secondary N) is 1. The maximum atomic E-state index is 12.6. The molecule has 28 heavy (non-hydrogen) atoms. The van der Waals surface area contributed by atoms with Crippen LogP contribution in [-0.4, -0.2) is 34.9 Å². The summed E-state index contributed by atoms with van der Waals surface area (Å²) in [4.78, 5) is 37.9. The molecule has 150 valence electrons. The summed E-state index contributed by atoms with van der Waals surface area (Å²) >= 11 is 1.30. The summed E-state index contributed by atoms with van der Waals surface area (Å²) in [6.45, 7) is 7.24. The van der Waals surface area contributed by atoms with Gasteiger partial charge >= 0.3 is 5.97 Å². The van der Waals surface area contributed by atoms with Crippen LogP contribution in [0.3, 0.4) is 0 Å². The van der Waals surface area contributed by atoms with Crippen molar-refractivity contribution in [3.05, 3.63) is 45.4 Å². The number of carbonyl (C=O) groups is 3. The molecule has 0 unspecified atom stereocenters. The third-order valence-corrected chi connectivity index (χ3v) is 5.86. The number of nitrogens with zero attached hydrogens (tertiary/aromatic N) is 1. The highest BCUT2D eigenvalue weighted by Gasteiger charge is 2.30. The Bertz CT molecular complexity index is 879. The molecule has 1 aliphatic carbocycles. The number of hydrogen-bond donors (Lipinski definition) is 1. The molecule has 0 saturated heterocycles. The summed E-state index contributed by atoms with van der Waals surface area (Å²) in [5, 5.41) is 4.51. The third-order valence-electron chi connectivity index (χ3n) is 4.99. The topological polar surface area (TPSA) is 77.4 Å². The molecule has 6 nitrogen and oxygen atoms in total. The Kier molecular flexibility index (Phi) is 6.03. The van der Waals surface area contributed by atoms with Crippen molar-refractivity contribution in [3.63, 3.8) is 0 Å². The number of carbonyl (C=O) groups excluding carboxylic acids is 3. The number of ketones is 1. The fourth-order valence-corrected chi connectivity index (χ4v) is 4.00. The van der Waals surface area contributed by atoms with E-state index < -0.39 is 12.0 Å². The van der Waals surface area contributed by atoms with E-state index in [-0.39, 0.29) is 24.2 Å². The SMILES string of the molecule is Cc1cc(C(=O)COC(=O)[C@@H](NC(=O)c2cccs2)C(C)C)c(C)n1C1CC1. The van der Waals surface area contributed by atoms with Crippen LogP contribution in [-0.2, 0) is 9.53 Å². The third kappa shape index (κ3) is 4.35. The van der Waals surface area contributed by atoms with E-state index in [1.807, 2.05) is 33.8 Å². The van der Waals surface area contributed by atoms with Crippen LogP contribution in [0.15, 0.2) is 23.6 Å². The summed E-state index contributed by atoms with van der Waals surface area (Å²) in [5.41, 5.74) is 2.58. The van der Waals surface area contributed by atoms with E-state index in [0.29, 0.717) is 16.5 Å². The van der Waals surface area contributed by atoms with Gasteiger partial charge in [0.05, 0.1) is 4.88 Å². The number of thiophene rings is 1. The number of aryl methyl sites for hydroxylation is 1. The molecule has 1 saturated carbocycles. The molecule has 1 N–H and O–H groups in total. The minimum atomic E-state index is -0.804. The van der Waals surface area contributed by atoms with Gasteiger partial charge in [0.1, 0.15) is 6.04 Å². The van der Waals surface area contributed by atoms with Crippen LogP contribution in [0.2, 0.25) is 0 Å². The van der Waals surface area contributed by atoms with Gasteiger partial charge in [0.2, 0.25) is 5.78 Å². The first-order chi connectivity index (χ1) is 13.3. The van der Waals surface area contributed by atoms with Gasteiger partial charge in [0, 0.05) is 23.0 Å². The average Bonchev–Trinajstić information content (AvgIpc) is 3.22. The summed E-state index contributed by atoms with van der Waals surface area (Å²) < 4.78 is 7.46. The molecular weight excluding hydrogens is 376 g/mol. The largest absolute Gasteiger partial charge is 0.456 e. The van der Waals surface area contributed by atoms with Gasteiger partial charge in [-0.15, -0.1) is 11.3 Å². The van der Waals surface area contributed by atoms with E-state index in [1.54, 1.807) is 17.5 Å². The highest BCUT2D eigenvalue weighted by atomic mass is 32.1. The van der Waals surface area contributed by atoms with E-state index >= 15 is 0 Å². The molecule has 1 aliphatic rings. The smallest absolute Gasteiger partial charge is 0.329 e. The summed E-state index contributed by atoms with van der Waals surface area (Å²) in [7, 11) is 0. The van der Waals surface area contributed by atoms with Crippen LogP contribution in [0.5, 0.6) is 0 Å². The first-order valence-electron chi connectivity index (χ1n) is 9.52. The highest BCUT2D eigenvalue weighted by Crippen LogP contribution is 2.38. The second-order valence-corrected chi connectivity index (χ2v) is 8.54. The lowest BCUT2D eigenvalue weighted by atomic mass is 10.0. The first kappa shape index (κ1) is 20.3. The quantitative estimate of drug-likeness (QED) is 0.540. The van der Waals surface area contributed by atoms with Crippen LogP contribution in [0.1, 0.15) is 64.1 Å². The monoisotopic (exact) mass is 402 g/mol. The molecule has 3 rings (SSSR count). The Morgan fingerprint density at radius 2 is 2.00 bits per heavy atom. The molecule has 1 amide bonds. The molecule has 2 aromatic heterocycles.